The number of hydrogen-bond acceptors (Lipinski definition) is 12. The third-order valence-corrected chi connectivity index (χ3v) is 10.7. The molecule has 8 unspecified atom stereocenters. The molecule has 8 atom stereocenters. The zero-order valence-electron chi connectivity index (χ0n) is 37.4. The van der Waals surface area contributed by atoms with Gasteiger partial charge >= 0.3 is 18.1 Å². The molecule has 0 aliphatic carbocycles. The SMILES string of the molecule is CCC(C)C(NC(=O)C(Cc1cnc[nH]1)NC(=O)C(CCSC)NC(=O)C1CCCN1C(=O)C(CC(C)C)NC(=O)C(C)N)C(=O)NC(CCCN=C(N)N)C(=O)O.O=C(O)C(F)(F)F. The Balaban J connectivity index is 0.00000277. The van der Waals surface area contributed by atoms with Gasteiger partial charge in [-0.3, -0.25) is 33.8 Å². The average Bonchev–Trinajstić information content (AvgIpc) is 3.94. The maximum absolute atomic E-state index is 14.0. The van der Waals surface area contributed by atoms with Crippen LogP contribution in [0.15, 0.2) is 17.5 Å². The largest absolute Gasteiger partial charge is 0.490 e. The van der Waals surface area contributed by atoms with Crippen molar-refractivity contribution in [3.05, 3.63) is 18.2 Å². The topological polar surface area (TPSA) is 360 Å². The second-order valence-electron chi connectivity index (χ2n) is 15.9. The van der Waals surface area contributed by atoms with Gasteiger partial charge in [0.25, 0.3) is 0 Å². The number of aromatic amines is 1. The number of nitrogens with zero attached hydrogens (tertiary/aromatic N) is 3. The summed E-state index contributed by atoms with van der Waals surface area (Å²) in [5, 5.41) is 30.4. The van der Waals surface area contributed by atoms with Gasteiger partial charge in [-0.15, -0.1) is 0 Å². The van der Waals surface area contributed by atoms with Crippen LogP contribution in [0.25, 0.3) is 0 Å². The van der Waals surface area contributed by atoms with E-state index in [0.29, 0.717) is 37.1 Å². The van der Waals surface area contributed by atoms with Gasteiger partial charge in [-0.25, -0.2) is 14.6 Å². The molecule has 26 heteroatoms. The Bertz CT molecular complexity index is 1770. The number of halogens is 3. The number of nitrogens with one attached hydrogen (secondary N) is 6. The lowest BCUT2D eigenvalue weighted by Gasteiger charge is -2.31. The Morgan fingerprint density at radius 1 is 0.908 bits per heavy atom. The van der Waals surface area contributed by atoms with E-state index < -0.39 is 102 Å². The third-order valence-electron chi connectivity index (χ3n) is 10.0. The summed E-state index contributed by atoms with van der Waals surface area (Å²) in [7, 11) is 0. The summed E-state index contributed by atoms with van der Waals surface area (Å²) in [5.41, 5.74) is 16.9. The lowest BCUT2D eigenvalue weighted by atomic mass is 9.96. The van der Waals surface area contributed by atoms with Crippen LogP contribution < -0.4 is 43.8 Å². The van der Waals surface area contributed by atoms with E-state index in [4.69, 9.17) is 27.1 Å². The molecule has 0 spiro atoms. The summed E-state index contributed by atoms with van der Waals surface area (Å²) in [5.74, 6) is -7.68. The summed E-state index contributed by atoms with van der Waals surface area (Å²) >= 11 is 1.45. The molecular weight excluding hydrogens is 886 g/mol. The van der Waals surface area contributed by atoms with Gasteiger partial charge in [0.15, 0.2) is 5.96 Å². The summed E-state index contributed by atoms with van der Waals surface area (Å²) in [6.07, 6.45) is 1.71. The Hall–Kier alpha value is -5.66. The van der Waals surface area contributed by atoms with Gasteiger partial charge in [-0.1, -0.05) is 34.1 Å². The van der Waals surface area contributed by atoms with E-state index in [0.717, 1.165) is 0 Å². The average molecular weight is 951 g/mol. The highest BCUT2D eigenvalue weighted by molar-refractivity contribution is 7.98. The molecule has 0 bridgehead atoms. The minimum absolute atomic E-state index is 0.0239. The maximum atomic E-state index is 14.0. The van der Waals surface area contributed by atoms with Gasteiger partial charge in [0.05, 0.1) is 12.4 Å². The molecule has 0 radical (unpaired) electrons. The zero-order valence-corrected chi connectivity index (χ0v) is 38.2. The van der Waals surface area contributed by atoms with Crippen molar-refractivity contribution in [2.75, 3.05) is 25.1 Å². The van der Waals surface area contributed by atoms with Crippen LogP contribution in [-0.4, -0.2) is 152 Å². The molecule has 14 N–H and O–H groups in total. The molecular formula is C39H65F3N12O10S. The fraction of sp³-hybridized carbons (Fsp3) is 0.692. The van der Waals surface area contributed by atoms with E-state index in [9.17, 15) is 51.8 Å². The molecule has 1 aliphatic heterocycles. The van der Waals surface area contributed by atoms with Crippen LogP contribution in [0, 0.1) is 11.8 Å². The quantitative estimate of drug-likeness (QED) is 0.0329. The minimum atomic E-state index is -5.08. The van der Waals surface area contributed by atoms with Crippen molar-refractivity contribution in [2.45, 2.75) is 134 Å². The number of likely N-dealkylation sites (tertiary alicyclic amines) is 1. The molecule has 0 aromatic carbocycles. The van der Waals surface area contributed by atoms with E-state index in [1.807, 2.05) is 27.0 Å². The third kappa shape index (κ3) is 20.8. The number of aromatic nitrogens is 2. The summed E-state index contributed by atoms with van der Waals surface area (Å²) in [6.45, 7) is 9.32. The van der Waals surface area contributed by atoms with Crippen molar-refractivity contribution in [1.82, 2.24) is 41.5 Å². The number of thioether (sulfide) groups is 1. The molecule has 368 valence electrons. The molecule has 2 heterocycles. The van der Waals surface area contributed by atoms with E-state index in [1.165, 1.54) is 36.1 Å². The predicted octanol–water partition coefficient (Wildman–Crippen LogP) is -0.669. The van der Waals surface area contributed by atoms with E-state index in [-0.39, 0.29) is 50.7 Å². The van der Waals surface area contributed by atoms with Crippen molar-refractivity contribution in [3.8, 4) is 0 Å². The van der Waals surface area contributed by atoms with Crippen molar-refractivity contribution in [2.24, 2.45) is 34.0 Å². The van der Waals surface area contributed by atoms with Crippen LogP contribution >= 0.6 is 11.8 Å². The fourth-order valence-electron chi connectivity index (χ4n) is 6.35. The number of hydrogen-bond donors (Lipinski definition) is 11. The fourth-order valence-corrected chi connectivity index (χ4v) is 6.82. The van der Waals surface area contributed by atoms with Gasteiger partial charge in [-0.2, -0.15) is 24.9 Å². The van der Waals surface area contributed by atoms with Gasteiger partial charge in [0.1, 0.15) is 36.3 Å². The summed E-state index contributed by atoms with van der Waals surface area (Å²) in [6, 6.07) is -7.46. The second-order valence-corrected chi connectivity index (χ2v) is 16.9. The second kappa shape index (κ2) is 28.3. The highest BCUT2D eigenvalue weighted by Gasteiger charge is 2.40. The first kappa shape index (κ1) is 57.4. The molecule has 1 aromatic rings. The van der Waals surface area contributed by atoms with Gasteiger partial charge in [0.2, 0.25) is 35.4 Å². The standard InChI is InChI=1S/C37H64N12O8S.C2HF3O2/c1-7-21(4)29(34(54)45-25(36(56)57)10-8-13-42-37(39)40)48-32(52)26(17-23-18-41-19-43-23)46-31(51)24(12-15-58-6)44-33(53)28-11-9-14-49(28)35(55)27(16-20(2)3)47-30(50)22(5)38;3-2(4,5)1(6)7/h18-22,24-29H,7-17,38H2,1-6H3,(H,41,43)(H,44,53)(H,45,54)(H,46,51)(H,47,50)(H,48,52)(H,56,57)(H4,39,40,42);(H,6,7). The summed E-state index contributed by atoms with van der Waals surface area (Å²) < 4.78 is 31.7. The molecule has 1 aromatic heterocycles. The highest BCUT2D eigenvalue weighted by atomic mass is 32.2. The number of carboxylic acid groups (broad SMARTS) is 2. The lowest BCUT2D eigenvalue weighted by Crippen LogP contribution is -2.60. The molecule has 65 heavy (non-hydrogen) atoms. The molecule has 6 amide bonds. The van der Waals surface area contributed by atoms with Crippen LogP contribution in [0.3, 0.4) is 0 Å². The van der Waals surface area contributed by atoms with Crippen LogP contribution in [0.5, 0.6) is 0 Å². The minimum Gasteiger partial charge on any atom is -0.480 e. The van der Waals surface area contributed by atoms with Crippen molar-refractivity contribution >= 4 is 65.1 Å². The van der Waals surface area contributed by atoms with Gasteiger partial charge in [-0.05, 0) is 69.3 Å². The molecule has 22 nitrogen and oxygen atoms in total. The van der Waals surface area contributed by atoms with Crippen LogP contribution in [0.1, 0.15) is 85.3 Å². The first-order valence-corrected chi connectivity index (χ1v) is 22.4. The Morgan fingerprint density at radius 2 is 1.51 bits per heavy atom. The molecule has 2 rings (SSSR count). The van der Waals surface area contributed by atoms with E-state index >= 15 is 0 Å². The molecule has 1 fully saturated rings. The number of carboxylic acids is 2. The van der Waals surface area contributed by atoms with Crippen molar-refractivity contribution < 1.29 is 61.7 Å². The lowest BCUT2D eigenvalue weighted by molar-refractivity contribution is -0.192. The van der Waals surface area contributed by atoms with E-state index in [2.05, 4.69) is 41.5 Å². The summed E-state index contributed by atoms with van der Waals surface area (Å²) in [4.78, 5) is 115. The number of guanidine groups is 1. The number of amides is 6. The van der Waals surface area contributed by atoms with Gasteiger partial charge < -0.3 is 63.9 Å². The maximum Gasteiger partial charge on any atom is 0.490 e. The monoisotopic (exact) mass is 950 g/mol. The van der Waals surface area contributed by atoms with Crippen molar-refractivity contribution in [1.29, 1.82) is 0 Å². The number of rotatable bonds is 25. The van der Waals surface area contributed by atoms with Crippen LogP contribution in [-0.2, 0) is 44.8 Å². The predicted molar refractivity (Wildman–Crippen MR) is 233 cm³/mol. The van der Waals surface area contributed by atoms with Crippen molar-refractivity contribution in [3.63, 3.8) is 0 Å². The number of alkyl halides is 3. The molecule has 1 aliphatic rings. The first-order valence-electron chi connectivity index (χ1n) is 21.0. The Kier molecular flexibility index (Phi) is 25.0. The molecule has 0 saturated carbocycles. The Morgan fingerprint density at radius 3 is 2.02 bits per heavy atom. The number of carbonyl (C=O) groups excluding carboxylic acids is 6. The zero-order chi connectivity index (χ0) is 49.6. The highest BCUT2D eigenvalue weighted by Crippen LogP contribution is 2.21. The number of aliphatic carboxylic acids is 2. The normalized spacial score (nSPS) is 16.8. The van der Waals surface area contributed by atoms with Crippen LogP contribution in [0.2, 0.25) is 0 Å². The Labute approximate surface area is 379 Å². The van der Waals surface area contributed by atoms with Crippen LogP contribution in [0.4, 0.5) is 13.2 Å². The number of H-pyrrole nitrogens is 1. The first-order chi connectivity index (χ1) is 30.3. The molecule has 1 saturated heterocycles. The van der Waals surface area contributed by atoms with Gasteiger partial charge in [0, 0.05) is 31.4 Å². The number of aliphatic imine (C=N–C) groups is 1. The number of imidazole rings is 1. The van der Waals surface area contributed by atoms with E-state index in [1.54, 1.807) is 6.92 Å². The number of carbonyl (C=O) groups is 8. The number of nitrogens with two attached hydrogens (primary N) is 3. The smallest absolute Gasteiger partial charge is 0.480 e.